The monoisotopic (exact) mass is 363 g/mol. The normalized spacial score (nSPS) is 14.9. The molecule has 0 radical (unpaired) electrons. The summed E-state index contributed by atoms with van der Waals surface area (Å²) in [6.07, 6.45) is 5.73. The number of benzene rings is 2. The fraction of sp³-hybridized carbons (Fsp3) is 0.318. The minimum atomic E-state index is 0.483. The molecule has 1 aromatic heterocycles. The molecule has 0 spiro atoms. The second-order valence-corrected chi connectivity index (χ2v) is 6.92. The third kappa shape index (κ3) is 4.49. The average Bonchev–Trinajstić information content (AvgIpc) is 3.19. The van der Waals surface area contributed by atoms with Crippen molar-refractivity contribution in [2.24, 2.45) is 0 Å². The first-order chi connectivity index (χ1) is 13.3. The summed E-state index contributed by atoms with van der Waals surface area (Å²) in [4.78, 5) is 6.86. The molecule has 0 unspecified atom stereocenters. The van der Waals surface area contributed by atoms with Crippen LogP contribution in [-0.2, 0) is 6.54 Å². The fourth-order valence-electron chi connectivity index (χ4n) is 3.43. The van der Waals surface area contributed by atoms with Gasteiger partial charge in [-0.05, 0) is 55.8 Å². The van der Waals surface area contributed by atoms with Gasteiger partial charge in [0.25, 0.3) is 6.01 Å². The summed E-state index contributed by atoms with van der Waals surface area (Å²) in [7, 11) is 1.65. The van der Waals surface area contributed by atoms with Crippen LogP contribution < -0.4 is 10.1 Å². The Morgan fingerprint density at radius 1 is 1.07 bits per heavy atom. The Bertz CT molecular complexity index is 867. The molecule has 0 amide bonds. The molecular weight excluding hydrogens is 338 g/mol. The number of oxazole rings is 1. The topological polar surface area (TPSA) is 50.5 Å². The van der Waals surface area contributed by atoms with Gasteiger partial charge in [-0.3, -0.25) is 4.90 Å². The lowest BCUT2D eigenvalue weighted by molar-refractivity contribution is 0.221. The number of likely N-dealkylation sites (tertiary alicyclic amines) is 1. The highest BCUT2D eigenvalue weighted by Gasteiger charge is 2.11. The van der Waals surface area contributed by atoms with Gasteiger partial charge in [0, 0.05) is 17.8 Å². The predicted octanol–water partition coefficient (Wildman–Crippen LogP) is 5.08. The molecule has 3 aromatic rings. The predicted molar refractivity (Wildman–Crippen MR) is 107 cm³/mol. The van der Waals surface area contributed by atoms with Crippen molar-refractivity contribution in [2.75, 3.05) is 25.5 Å². The molecular formula is C22H25N3O2. The molecule has 1 aliphatic heterocycles. The van der Waals surface area contributed by atoms with E-state index in [1.54, 1.807) is 13.3 Å². The summed E-state index contributed by atoms with van der Waals surface area (Å²) >= 11 is 0. The molecule has 140 valence electrons. The third-order valence-electron chi connectivity index (χ3n) is 4.92. The molecule has 0 bridgehead atoms. The van der Waals surface area contributed by atoms with Crippen LogP contribution in [0.5, 0.6) is 5.75 Å². The van der Waals surface area contributed by atoms with Gasteiger partial charge in [-0.15, -0.1) is 0 Å². The molecule has 2 heterocycles. The second-order valence-electron chi connectivity index (χ2n) is 6.92. The molecule has 1 saturated heterocycles. The van der Waals surface area contributed by atoms with Gasteiger partial charge in [-0.25, -0.2) is 4.98 Å². The Labute approximate surface area is 160 Å². The first kappa shape index (κ1) is 17.6. The molecule has 1 aliphatic rings. The number of piperidine rings is 1. The summed E-state index contributed by atoms with van der Waals surface area (Å²) in [5.74, 6) is 1.50. The summed E-state index contributed by atoms with van der Waals surface area (Å²) in [5.41, 5.74) is 3.25. The van der Waals surface area contributed by atoms with E-state index in [1.165, 1.54) is 37.9 Å². The molecule has 5 heteroatoms. The molecule has 0 saturated carbocycles. The zero-order chi connectivity index (χ0) is 18.5. The van der Waals surface area contributed by atoms with Crippen molar-refractivity contribution < 1.29 is 9.15 Å². The van der Waals surface area contributed by atoms with Gasteiger partial charge in [0.2, 0.25) is 0 Å². The quantitative estimate of drug-likeness (QED) is 0.662. The van der Waals surface area contributed by atoms with E-state index in [0.29, 0.717) is 11.8 Å². The van der Waals surface area contributed by atoms with Crippen molar-refractivity contribution in [3.8, 4) is 17.1 Å². The van der Waals surface area contributed by atoms with Gasteiger partial charge in [0.05, 0.1) is 13.3 Å². The highest BCUT2D eigenvalue weighted by Crippen LogP contribution is 2.27. The van der Waals surface area contributed by atoms with Crippen molar-refractivity contribution in [3.05, 3.63) is 60.3 Å². The van der Waals surface area contributed by atoms with E-state index >= 15 is 0 Å². The van der Waals surface area contributed by atoms with Crippen LogP contribution in [0.15, 0.2) is 59.1 Å². The van der Waals surface area contributed by atoms with E-state index in [2.05, 4.69) is 39.5 Å². The maximum atomic E-state index is 5.84. The smallest absolute Gasteiger partial charge is 0.299 e. The summed E-state index contributed by atoms with van der Waals surface area (Å²) < 4.78 is 11.1. The zero-order valence-corrected chi connectivity index (χ0v) is 15.6. The number of aromatic nitrogens is 1. The van der Waals surface area contributed by atoms with Crippen LogP contribution in [0.2, 0.25) is 0 Å². The highest BCUT2D eigenvalue weighted by atomic mass is 16.5. The minimum absolute atomic E-state index is 0.483. The number of hydrogen-bond donors (Lipinski definition) is 1. The second kappa shape index (κ2) is 8.27. The third-order valence-corrected chi connectivity index (χ3v) is 4.92. The summed E-state index contributed by atoms with van der Waals surface area (Å²) in [6, 6.07) is 16.7. The Kier molecular flexibility index (Phi) is 5.39. The molecule has 0 atom stereocenters. The molecule has 27 heavy (non-hydrogen) atoms. The summed E-state index contributed by atoms with van der Waals surface area (Å²) in [6.45, 7) is 3.45. The van der Waals surface area contributed by atoms with Crippen LogP contribution >= 0.6 is 0 Å². The number of nitrogens with one attached hydrogen (secondary N) is 1. The Hall–Kier alpha value is -2.79. The van der Waals surface area contributed by atoms with Crippen LogP contribution in [0, 0.1) is 0 Å². The summed E-state index contributed by atoms with van der Waals surface area (Å²) in [5, 5.41) is 3.23. The molecule has 1 N–H and O–H groups in total. The van der Waals surface area contributed by atoms with Crippen molar-refractivity contribution >= 4 is 11.7 Å². The molecule has 5 nitrogen and oxygen atoms in total. The fourth-order valence-corrected chi connectivity index (χ4v) is 3.43. The Balaban J connectivity index is 1.39. The van der Waals surface area contributed by atoms with Crippen molar-refractivity contribution in [2.45, 2.75) is 25.8 Å². The van der Waals surface area contributed by atoms with Crippen LogP contribution in [0.3, 0.4) is 0 Å². The molecule has 4 rings (SSSR count). The highest BCUT2D eigenvalue weighted by molar-refractivity contribution is 5.61. The zero-order valence-electron chi connectivity index (χ0n) is 15.6. The van der Waals surface area contributed by atoms with Crippen molar-refractivity contribution in [3.63, 3.8) is 0 Å². The largest absolute Gasteiger partial charge is 0.497 e. The number of rotatable bonds is 6. The van der Waals surface area contributed by atoms with Crippen LogP contribution in [0.25, 0.3) is 11.3 Å². The van der Waals surface area contributed by atoms with E-state index in [1.807, 2.05) is 24.3 Å². The number of anilines is 2. The van der Waals surface area contributed by atoms with E-state index < -0.39 is 0 Å². The van der Waals surface area contributed by atoms with Crippen LogP contribution in [0.1, 0.15) is 24.8 Å². The molecule has 2 aromatic carbocycles. The van der Waals surface area contributed by atoms with E-state index in [-0.39, 0.29) is 0 Å². The Morgan fingerprint density at radius 2 is 1.89 bits per heavy atom. The molecule has 0 aliphatic carbocycles. The first-order valence-electron chi connectivity index (χ1n) is 9.49. The van der Waals surface area contributed by atoms with E-state index in [9.17, 15) is 0 Å². The van der Waals surface area contributed by atoms with Gasteiger partial charge < -0.3 is 14.5 Å². The van der Waals surface area contributed by atoms with Gasteiger partial charge in [0.15, 0.2) is 5.76 Å². The van der Waals surface area contributed by atoms with Gasteiger partial charge >= 0.3 is 0 Å². The maximum absolute atomic E-state index is 5.84. The minimum Gasteiger partial charge on any atom is -0.497 e. The average molecular weight is 363 g/mol. The van der Waals surface area contributed by atoms with Crippen LogP contribution in [-0.4, -0.2) is 30.1 Å². The van der Waals surface area contributed by atoms with Crippen LogP contribution in [0.4, 0.5) is 11.7 Å². The van der Waals surface area contributed by atoms with Gasteiger partial charge in [-0.2, -0.15) is 0 Å². The molecule has 1 fully saturated rings. The van der Waals surface area contributed by atoms with E-state index in [4.69, 9.17) is 9.15 Å². The number of nitrogens with zero attached hydrogens (tertiary/aromatic N) is 2. The van der Waals surface area contributed by atoms with Crippen molar-refractivity contribution in [1.29, 1.82) is 0 Å². The SMILES string of the molecule is COc1cccc(-c2cnc(Nc3ccc(CN4CCCCC4)cc3)o2)c1. The first-order valence-corrected chi connectivity index (χ1v) is 9.49. The number of ether oxygens (including phenoxy) is 1. The standard InChI is InChI=1S/C22H25N3O2/c1-26-20-7-5-6-18(14-20)21-15-23-22(27-21)24-19-10-8-17(9-11-19)16-25-12-3-2-4-13-25/h5-11,14-15H,2-4,12-13,16H2,1H3,(H,23,24). The maximum Gasteiger partial charge on any atom is 0.299 e. The van der Waals surface area contributed by atoms with Crippen molar-refractivity contribution in [1.82, 2.24) is 9.88 Å². The lowest BCUT2D eigenvalue weighted by atomic mass is 10.1. The number of hydrogen-bond acceptors (Lipinski definition) is 5. The lowest BCUT2D eigenvalue weighted by Crippen LogP contribution is -2.29. The Morgan fingerprint density at radius 3 is 2.67 bits per heavy atom. The van der Waals surface area contributed by atoms with Gasteiger partial charge in [0.1, 0.15) is 5.75 Å². The van der Waals surface area contributed by atoms with Gasteiger partial charge in [-0.1, -0.05) is 30.7 Å². The number of methoxy groups -OCH3 is 1. The van der Waals surface area contributed by atoms with E-state index in [0.717, 1.165) is 23.5 Å². The lowest BCUT2D eigenvalue weighted by Gasteiger charge is -2.26.